The summed E-state index contributed by atoms with van der Waals surface area (Å²) in [5.74, 6) is 0. The van der Waals surface area contributed by atoms with Gasteiger partial charge in [-0.15, -0.1) is 6.58 Å². The summed E-state index contributed by atoms with van der Waals surface area (Å²) in [6.45, 7) is 5.78. The smallest absolute Gasteiger partial charge is 0.0435 e. The third-order valence-corrected chi connectivity index (χ3v) is 3.02. The maximum atomic E-state index is 6.00. The molecule has 0 aliphatic carbocycles. The molecule has 0 aliphatic heterocycles. The van der Waals surface area contributed by atoms with Crippen molar-refractivity contribution in [2.24, 2.45) is 0 Å². The van der Waals surface area contributed by atoms with Crippen LogP contribution in [0.3, 0.4) is 0 Å². The normalized spacial score (nSPS) is 12.5. The molecule has 1 atom stereocenters. The molecule has 0 radical (unpaired) electrons. The molecule has 0 saturated heterocycles. The van der Waals surface area contributed by atoms with Gasteiger partial charge in [0, 0.05) is 11.1 Å². The van der Waals surface area contributed by atoms with Crippen LogP contribution in [0.2, 0.25) is 5.02 Å². The number of nitrogens with one attached hydrogen (secondary N) is 1. The zero-order valence-corrected chi connectivity index (χ0v) is 10.1. The lowest BCUT2D eigenvalue weighted by Crippen LogP contribution is -2.16. The zero-order chi connectivity index (χ0) is 11.3. The fourth-order valence-electron chi connectivity index (χ4n) is 1.65. The van der Waals surface area contributed by atoms with Crippen LogP contribution < -0.4 is 5.32 Å². The summed E-state index contributed by atoms with van der Waals surface area (Å²) in [7, 11) is 1.98. The van der Waals surface area contributed by atoms with Gasteiger partial charge in [0.25, 0.3) is 0 Å². The number of aryl methyl sites for hydroxylation is 1. The van der Waals surface area contributed by atoms with Gasteiger partial charge >= 0.3 is 0 Å². The number of allylic oxidation sites excluding steroid dienone is 1. The van der Waals surface area contributed by atoms with Crippen molar-refractivity contribution in [3.05, 3.63) is 47.0 Å². The first kappa shape index (κ1) is 12.3. The lowest BCUT2D eigenvalue weighted by molar-refractivity contribution is 0.554. The van der Waals surface area contributed by atoms with E-state index in [0.717, 1.165) is 23.4 Å². The third-order valence-electron chi connectivity index (χ3n) is 2.59. The summed E-state index contributed by atoms with van der Waals surface area (Å²) in [4.78, 5) is 0. The van der Waals surface area contributed by atoms with E-state index in [4.69, 9.17) is 11.6 Å². The zero-order valence-electron chi connectivity index (χ0n) is 9.39. The Hall–Kier alpha value is -0.790. The quantitative estimate of drug-likeness (QED) is 0.748. The summed E-state index contributed by atoms with van der Waals surface area (Å²) in [5.41, 5.74) is 2.43. The van der Waals surface area contributed by atoms with E-state index in [1.807, 2.05) is 26.1 Å². The summed E-state index contributed by atoms with van der Waals surface area (Å²) in [6, 6.07) is 6.58. The molecule has 0 fully saturated rings. The van der Waals surface area contributed by atoms with Gasteiger partial charge in [0.05, 0.1) is 0 Å². The minimum absolute atomic E-state index is 0.388. The molecule has 0 spiro atoms. The van der Waals surface area contributed by atoms with Gasteiger partial charge in [0.1, 0.15) is 0 Å². The number of rotatable bonds is 5. The van der Waals surface area contributed by atoms with Gasteiger partial charge < -0.3 is 5.32 Å². The van der Waals surface area contributed by atoms with E-state index in [1.54, 1.807) is 0 Å². The summed E-state index contributed by atoms with van der Waals surface area (Å²) < 4.78 is 0. The molecule has 1 N–H and O–H groups in total. The topological polar surface area (TPSA) is 12.0 Å². The first-order chi connectivity index (χ1) is 7.19. The lowest BCUT2D eigenvalue weighted by atomic mass is 10.0. The van der Waals surface area contributed by atoms with Crippen LogP contribution in [0.25, 0.3) is 0 Å². The van der Waals surface area contributed by atoms with E-state index in [9.17, 15) is 0 Å². The number of hydrogen-bond donors (Lipinski definition) is 1. The van der Waals surface area contributed by atoms with Crippen LogP contribution in [0.5, 0.6) is 0 Å². The molecule has 0 heterocycles. The van der Waals surface area contributed by atoms with E-state index in [-0.39, 0.29) is 0 Å². The van der Waals surface area contributed by atoms with Crippen LogP contribution in [0, 0.1) is 6.92 Å². The number of halogens is 1. The van der Waals surface area contributed by atoms with Crippen LogP contribution in [0.1, 0.15) is 30.0 Å². The third kappa shape index (κ3) is 3.37. The van der Waals surface area contributed by atoms with Crippen LogP contribution in [0.4, 0.5) is 0 Å². The molecule has 1 aromatic rings. The van der Waals surface area contributed by atoms with Gasteiger partial charge in [-0.1, -0.05) is 29.8 Å². The average molecular weight is 224 g/mol. The van der Waals surface area contributed by atoms with E-state index in [0.29, 0.717) is 6.04 Å². The highest BCUT2D eigenvalue weighted by Crippen LogP contribution is 2.23. The van der Waals surface area contributed by atoms with E-state index < -0.39 is 0 Å². The van der Waals surface area contributed by atoms with Crippen molar-refractivity contribution < 1.29 is 0 Å². The van der Waals surface area contributed by atoms with E-state index in [2.05, 4.69) is 24.0 Å². The predicted octanol–water partition coefficient (Wildman–Crippen LogP) is 3.88. The number of hydrogen-bond acceptors (Lipinski definition) is 1. The molecule has 0 amide bonds. The molecule has 0 saturated carbocycles. The minimum atomic E-state index is 0.388. The average Bonchev–Trinajstić information content (AvgIpc) is 2.24. The first-order valence-corrected chi connectivity index (χ1v) is 5.61. The van der Waals surface area contributed by atoms with Crippen molar-refractivity contribution in [1.82, 2.24) is 5.32 Å². The molecule has 0 aromatic heterocycles. The van der Waals surface area contributed by atoms with Crippen LogP contribution >= 0.6 is 11.6 Å². The molecular weight excluding hydrogens is 206 g/mol. The van der Waals surface area contributed by atoms with Crippen molar-refractivity contribution in [3.63, 3.8) is 0 Å². The Balaban J connectivity index is 2.82. The van der Waals surface area contributed by atoms with Gasteiger partial charge in [-0.25, -0.2) is 0 Å². The second-order valence-corrected chi connectivity index (χ2v) is 4.12. The molecule has 15 heavy (non-hydrogen) atoms. The van der Waals surface area contributed by atoms with Crippen molar-refractivity contribution in [2.75, 3.05) is 7.05 Å². The maximum Gasteiger partial charge on any atom is 0.0435 e. The Labute approximate surface area is 97.1 Å². The van der Waals surface area contributed by atoms with Gasteiger partial charge in [0.2, 0.25) is 0 Å². The van der Waals surface area contributed by atoms with Crippen LogP contribution in [-0.2, 0) is 0 Å². The number of benzene rings is 1. The summed E-state index contributed by atoms with van der Waals surface area (Å²) in [5, 5.41) is 4.14. The molecule has 2 heteroatoms. The lowest BCUT2D eigenvalue weighted by Gasteiger charge is -2.16. The molecule has 1 nitrogen and oxygen atoms in total. The largest absolute Gasteiger partial charge is 0.313 e. The van der Waals surface area contributed by atoms with E-state index >= 15 is 0 Å². The SMILES string of the molecule is C=CCCC(NC)c1ccc(Cl)c(C)c1. The van der Waals surface area contributed by atoms with E-state index in [1.165, 1.54) is 5.56 Å². The van der Waals surface area contributed by atoms with Crippen molar-refractivity contribution >= 4 is 11.6 Å². The van der Waals surface area contributed by atoms with Crippen LogP contribution in [0.15, 0.2) is 30.9 Å². The van der Waals surface area contributed by atoms with Gasteiger partial charge in [-0.3, -0.25) is 0 Å². The first-order valence-electron chi connectivity index (χ1n) is 5.23. The molecule has 1 rings (SSSR count). The van der Waals surface area contributed by atoms with Gasteiger partial charge in [0.15, 0.2) is 0 Å². The standard InChI is InChI=1S/C13H18ClN/c1-4-5-6-13(15-3)11-7-8-12(14)10(2)9-11/h4,7-9,13,15H,1,5-6H2,2-3H3. The monoisotopic (exact) mass is 223 g/mol. The molecule has 0 aliphatic rings. The highest BCUT2D eigenvalue weighted by molar-refractivity contribution is 6.31. The Kier molecular flexibility index (Phi) is 4.86. The second-order valence-electron chi connectivity index (χ2n) is 3.72. The van der Waals surface area contributed by atoms with Gasteiger partial charge in [-0.2, -0.15) is 0 Å². The van der Waals surface area contributed by atoms with Crippen molar-refractivity contribution in [1.29, 1.82) is 0 Å². The summed E-state index contributed by atoms with van der Waals surface area (Å²) >= 11 is 6.00. The van der Waals surface area contributed by atoms with Gasteiger partial charge in [-0.05, 0) is 44.0 Å². The minimum Gasteiger partial charge on any atom is -0.313 e. The fraction of sp³-hybridized carbons (Fsp3) is 0.385. The Morgan fingerprint density at radius 1 is 1.53 bits per heavy atom. The Morgan fingerprint density at radius 3 is 2.80 bits per heavy atom. The Morgan fingerprint density at radius 2 is 2.27 bits per heavy atom. The molecular formula is C13H18ClN. The highest BCUT2D eigenvalue weighted by atomic mass is 35.5. The predicted molar refractivity (Wildman–Crippen MR) is 67.4 cm³/mol. The van der Waals surface area contributed by atoms with Crippen LogP contribution in [-0.4, -0.2) is 7.05 Å². The highest BCUT2D eigenvalue weighted by Gasteiger charge is 2.08. The Bertz CT molecular complexity index is 333. The van der Waals surface area contributed by atoms with Crippen molar-refractivity contribution in [2.45, 2.75) is 25.8 Å². The van der Waals surface area contributed by atoms with Crippen molar-refractivity contribution in [3.8, 4) is 0 Å². The molecule has 1 aromatic carbocycles. The molecule has 82 valence electrons. The fourth-order valence-corrected chi connectivity index (χ4v) is 1.76. The second kappa shape index (κ2) is 5.94. The molecule has 0 bridgehead atoms. The summed E-state index contributed by atoms with van der Waals surface area (Å²) in [6.07, 6.45) is 4.04. The molecule has 1 unspecified atom stereocenters. The maximum absolute atomic E-state index is 6.00.